The number of carbonyl (C=O) groups excluding carboxylic acids is 2. The molecule has 1 aliphatic heterocycles. The number of hydrogen-bond acceptors (Lipinski definition) is 4. The molecule has 2 amide bonds. The Morgan fingerprint density at radius 2 is 2.09 bits per heavy atom. The average Bonchev–Trinajstić information content (AvgIpc) is 3.16. The van der Waals surface area contributed by atoms with E-state index in [2.05, 4.69) is 10.5 Å². The van der Waals surface area contributed by atoms with Gasteiger partial charge in [-0.05, 0) is 44.0 Å². The van der Waals surface area contributed by atoms with Crippen molar-refractivity contribution in [2.45, 2.75) is 25.8 Å². The lowest BCUT2D eigenvalue weighted by Gasteiger charge is -2.23. The van der Waals surface area contributed by atoms with Crippen molar-refractivity contribution >= 4 is 17.6 Å². The van der Waals surface area contributed by atoms with Gasteiger partial charge in [-0.15, -0.1) is 0 Å². The van der Waals surface area contributed by atoms with Gasteiger partial charge >= 0.3 is 0 Å². The topological polar surface area (TPSA) is 75.4 Å². The van der Waals surface area contributed by atoms with E-state index in [0.717, 1.165) is 6.42 Å². The van der Waals surface area contributed by atoms with Crippen LogP contribution >= 0.6 is 0 Å². The normalized spacial score (nSPS) is 17.3. The van der Waals surface area contributed by atoms with E-state index in [-0.39, 0.29) is 11.8 Å². The number of amides is 2. The minimum atomic E-state index is -0.565. The molecule has 23 heavy (non-hydrogen) atoms. The number of likely N-dealkylation sites (tertiary alicyclic amines) is 1. The van der Waals surface area contributed by atoms with Gasteiger partial charge in [-0.3, -0.25) is 9.59 Å². The monoisotopic (exact) mass is 317 g/mol. The molecule has 0 radical (unpaired) electrons. The molecule has 0 spiro atoms. The van der Waals surface area contributed by atoms with Gasteiger partial charge in [-0.1, -0.05) is 5.16 Å². The largest absolute Gasteiger partial charge is 0.360 e. The maximum atomic E-state index is 13.0. The van der Waals surface area contributed by atoms with Gasteiger partial charge in [0, 0.05) is 18.2 Å². The van der Waals surface area contributed by atoms with Gasteiger partial charge in [0.2, 0.25) is 5.91 Å². The molecule has 0 unspecified atom stereocenters. The number of halogens is 1. The van der Waals surface area contributed by atoms with Crippen LogP contribution in [0.15, 0.2) is 34.9 Å². The Labute approximate surface area is 132 Å². The Bertz CT molecular complexity index is 726. The summed E-state index contributed by atoms with van der Waals surface area (Å²) in [6.45, 7) is 2.22. The molecule has 7 heteroatoms. The van der Waals surface area contributed by atoms with Gasteiger partial charge in [-0.2, -0.15) is 0 Å². The number of nitrogens with one attached hydrogen (secondary N) is 1. The van der Waals surface area contributed by atoms with Crippen molar-refractivity contribution in [1.82, 2.24) is 10.1 Å². The molecule has 2 aromatic rings. The fourth-order valence-corrected chi connectivity index (χ4v) is 2.68. The predicted molar refractivity (Wildman–Crippen MR) is 80.3 cm³/mol. The molecule has 1 N–H and O–H groups in total. The molecular formula is C16H16FN3O3. The van der Waals surface area contributed by atoms with E-state index in [1.807, 2.05) is 0 Å². The molecule has 0 bridgehead atoms. The summed E-state index contributed by atoms with van der Waals surface area (Å²) in [4.78, 5) is 26.4. The third-order valence-corrected chi connectivity index (χ3v) is 3.79. The van der Waals surface area contributed by atoms with E-state index in [0.29, 0.717) is 30.1 Å². The van der Waals surface area contributed by atoms with E-state index < -0.39 is 11.9 Å². The number of nitrogens with zero attached hydrogens (tertiary/aromatic N) is 2. The predicted octanol–water partition coefficient (Wildman–Crippen LogP) is 2.37. The number of hydrogen-bond donors (Lipinski definition) is 1. The summed E-state index contributed by atoms with van der Waals surface area (Å²) in [6.07, 6.45) is 1.32. The molecule has 1 saturated heterocycles. The van der Waals surface area contributed by atoms with Crippen LogP contribution in [0.3, 0.4) is 0 Å². The van der Waals surface area contributed by atoms with Crippen molar-refractivity contribution in [2.75, 3.05) is 11.9 Å². The first-order valence-corrected chi connectivity index (χ1v) is 7.35. The van der Waals surface area contributed by atoms with Crippen molar-refractivity contribution in [3.05, 3.63) is 47.5 Å². The molecule has 0 saturated carbocycles. The van der Waals surface area contributed by atoms with Crippen LogP contribution in [0.25, 0.3) is 0 Å². The Hall–Kier alpha value is -2.70. The fourth-order valence-electron chi connectivity index (χ4n) is 2.68. The molecule has 120 valence electrons. The molecule has 2 heterocycles. The van der Waals surface area contributed by atoms with E-state index >= 15 is 0 Å². The van der Waals surface area contributed by atoms with Gasteiger partial charge in [0.1, 0.15) is 17.6 Å². The van der Waals surface area contributed by atoms with Crippen LogP contribution in [-0.4, -0.2) is 34.5 Å². The van der Waals surface area contributed by atoms with Crippen LogP contribution in [0.1, 0.15) is 29.0 Å². The molecule has 3 rings (SSSR count). The molecule has 1 aromatic heterocycles. The number of aromatic nitrogens is 1. The second-order valence-electron chi connectivity index (χ2n) is 5.48. The van der Waals surface area contributed by atoms with E-state index in [4.69, 9.17) is 4.52 Å². The van der Waals surface area contributed by atoms with E-state index in [1.54, 1.807) is 13.0 Å². The van der Waals surface area contributed by atoms with Crippen molar-refractivity contribution in [2.24, 2.45) is 0 Å². The van der Waals surface area contributed by atoms with Crippen molar-refractivity contribution < 1.29 is 18.5 Å². The summed E-state index contributed by atoms with van der Waals surface area (Å²) in [6, 6.07) is 6.36. The number of benzene rings is 1. The van der Waals surface area contributed by atoms with Crippen LogP contribution in [0.2, 0.25) is 0 Å². The lowest BCUT2D eigenvalue weighted by atomic mass is 10.1. The maximum Gasteiger partial charge on any atom is 0.254 e. The second kappa shape index (κ2) is 6.20. The van der Waals surface area contributed by atoms with Crippen LogP contribution < -0.4 is 5.32 Å². The van der Waals surface area contributed by atoms with Crippen molar-refractivity contribution in [3.8, 4) is 0 Å². The highest BCUT2D eigenvalue weighted by molar-refractivity contribution is 6.01. The quantitative estimate of drug-likeness (QED) is 0.943. The lowest BCUT2D eigenvalue weighted by molar-refractivity contribution is -0.119. The number of anilines is 1. The van der Waals surface area contributed by atoms with Gasteiger partial charge in [0.25, 0.3) is 5.91 Å². The summed E-state index contributed by atoms with van der Waals surface area (Å²) in [5, 5.41) is 6.37. The molecule has 0 aliphatic carbocycles. The zero-order valence-electron chi connectivity index (χ0n) is 12.6. The Morgan fingerprint density at radius 3 is 2.74 bits per heavy atom. The first-order valence-electron chi connectivity index (χ1n) is 7.35. The zero-order valence-corrected chi connectivity index (χ0v) is 12.6. The first-order chi connectivity index (χ1) is 11.0. The van der Waals surface area contributed by atoms with Gasteiger partial charge in [0.05, 0.1) is 0 Å². The minimum absolute atomic E-state index is 0.279. The first kappa shape index (κ1) is 15.2. The standard InChI is InChI=1S/C16H16FN3O3/c1-10-9-14(19-23-10)18-15(21)13-3-2-8-20(13)16(22)11-4-6-12(17)7-5-11/h4-7,9,13H,2-3,8H2,1H3,(H,18,19,21)/t13-/m0/s1. The fraction of sp³-hybridized carbons (Fsp3) is 0.312. The average molecular weight is 317 g/mol. The zero-order chi connectivity index (χ0) is 16.4. The Kier molecular flexibility index (Phi) is 4.10. The van der Waals surface area contributed by atoms with Crippen molar-refractivity contribution in [3.63, 3.8) is 0 Å². The molecule has 6 nitrogen and oxygen atoms in total. The Balaban J connectivity index is 1.73. The number of rotatable bonds is 3. The van der Waals surface area contributed by atoms with E-state index in [9.17, 15) is 14.0 Å². The molecule has 1 fully saturated rings. The van der Waals surface area contributed by atoms with Crippen LogP contribution in [0.4, 0.5) is 10.2 Å². The SMILES string of the molecule is Cc1cc(NC(=O)[C@@H]2CCCN2C(=O)c2ccc(F)cc2)no1. The van der Waals surface area contributed by atoms with E-state index in [1.165, 1.54) is 29.2 Å². The highest BCUT2D eigenvalue weighted by Crippen LogP contribution is 2.22. The third kappa shape index (κ3) is 3.23. The van der Waals surface area contributed by atoms with Crippen LogP contribution in [0.5, 0.6) is 0 Å². The third-order valence-electron chi connectivity index (χ3n) is 3.79. The minimum Gasteiger partial charge on any atom is -0.360 e. The summed E-state index contributed by atoms with van der Waals surface area (Å²) in [7, 11) is 0. The second-order valence-corrected chi connectivity index (χ2v) is 5.48. The van der Waals surface area contributed by atoms with Gasteiger partial charge in [0.15, 0.2) is 5.82 Å². The molecule has 1 aromatic carbocycles. The molecule has 1 atom stereocenters. The van der Waals surface area contributed by atoms with Crippen LogP contribution in [-0.2, 0) is 4.79 Å². The summed E-state index contributed by atoms with van der Waals surface area (Å²) >= 11 is 0. The van der Waals surface area contributed by atoms with Crippen molar-refractivity contribution in [1.29, 1.82) is 0 Å². The Morgan fingerprint density at radius 1 is 1.35 bits per heavy atom. The highest BCUT2D eigenvalue weighted by Gasteiger charge is 2.34. The maximum absolute atomic E-state index is 13.0. The molecule has 1 aliphatic rings. The lowest BCUT2D eigenvalue weighted by Crippen LogP contribution is -2.43. The number of carbonyl (C=O) groups is 2. The summed E-state index contributed by atoms with van der Waals surface area (Å²) in [5.41, 5.74) is 0.364. The smallest absolute Gasteiger partial charge is 0.254 e. The van der Waals surface area contributed by atoms with Crippen LogP contribution in [0, 0.1) is 12.7 Å². The van der Waals surface area contributed by atoms with Gasteiger partial charge in [-0.25, -0.2) is 4.39 Å². The number of aryl methyl sites for hydroxylation is 1. The summed E-state index contributed by atoms with van der Waals surface area (Å²) < 4.78 is 17.9. The van der Waals surface area contributed by atoms with Gasteiger partial charge < -0.3 is 14.7 Å². The highest BCUT2D eigenvalue weighted by atomic mass is 19.1. The molecular weight excluding hydrogens is 301 g/mol. The summed E-state index contributed by atoms with van der Waals surface area (Å²) in [5.74, 6) is -0.0662.